The zero-order chi connectivity index (χ0) is 13.9. The quantitative estimate of drug-likeness (QED) is 0.663. The van der Waals surface area contributed by atoms with E-state index in [0.29, 0.717) is 5.56 Å². The maximum atomic E-state index is 13.7. The van der Waals surface area contributed by atoms with Gasteiger partial charge in [0.05, 0.1) is 6.54 Å². The molecule has 0 atom stereocenters. The molecule has 0 aliphatic rings. The van der Waals surface area contributed by atoms with Gasteiger partial charge in [-0.2, -0.15) is 4.31 Å². The molecule has 98 valence electrons. The number of nitrogen functional groups attached to an aromatic ring is 1. The zero-order valence-electron chi connectivity index (χ0n) is 10.3. The summed E-state index contributed by atoms with van der Waals surface area (Å²) in [4.78, 5) is -0.442. The van der Waals surface area contributed by atoms with Crippen LogP contribution in [0.3, 0.4) is 0 Å². The molecule has 0 aliphatic carbocycles. The lowest BCUT2D eigenvalue weighted by molar-refractivity contribution is 0.457. The van der Waals surface area contributed by atoms with Crippen LogP contribution >= 0.6 is 0 Å². The molecule has 0 saturated carbocycles. The lowest BCUT2D eigenvalue weighted by Crippen LogP contribution is -2.32. The summed E-state index contributed by atoms with van der Waals surface area (Å²) >= 11 is 0. The van der Waals surface area contributed by atoms with E-state index >= 15 is 0 Å². The van der Waals surface area contributed by atoms with Gasteiger partial charge in [-0.15, -0.1) is 6.42 Å². The van der Waals surface area contributed by atoms with Crippen molar-refractivity contribution in [2.45, 2.75) is 18.7 Å². The van der Waals surface area contributed by atoms with E-state index in [-0.39, 0.29) is 18.8 Å². The minimum atomic E-state index is -3.95. The average Bonchev–Trinajstić information content (AvgIpc) is 2.30. The van der Waals surface area contributed by atoms with Gasteiger partial charge in [0, 0.05) is 12.2 Å². The van der Waals surface area contributed by atoms with Gasteiger partial charge in [-0.1, -0.05) is 12.8 Å². The highest BCUT2D eigenvalue weighted by molar-refractivity contribution is 7.89. The van der Waals surface area contributed by atoms with Crippen LogP contribution in [0.1, 0.15) is 12.5 Å². The fraction of sp³-hybridized carbons (Fsp3) is 0.333. The molecular weight excluding hydrogens is 255 g/mol. The molecule has 0 radical (unpaired) electrons. The Balaban J connectivity index is 3.37. The Morgan fingerprint density at radius 3 is 2.61 bits per heavy atom. The molecule has 0 fully saturated rings. The molecule has 1 aromatic rings. The molecule has 0 heterocycles. The van der Waals surface area contributed by atoms with Gasteiger partial charge in [0.1, 0.15) is 10.7 Å². The van der Waals surface area contributed by atoms with Crippen LogP contribution in [0.4, 0.5) is 10.1 Å². The number of sulfonamides is 1. The Hall–Kier alpha value is -1.58. The van der Waals surface area contributed by atoms with Crippen LogP contribution in [0.5, 0.6) is 0 Å². The summed E-state index contributed by atoms with van der Waals surface area (Å²) in [6.45, 7) is 3.30. The first-order valence-corrected chi connectivity index (χ1v) is 6.77. The monoisotopic (exact) mass is 270 g/mol. The number of hydrogen-bond donors (Lipinski definition) is 1. The van der Waals surface area contributed by atoms with Crippen molar-refractivity contribution in [2.24, 2.45) is 0 Å². The molecule has 2 N–H and O–H groups in total. The molecule has 0 unspecified atom stereocenters. The molecule has 18 heavy (non-hydrogen) atoms. The first kappa shape index (κ1) is 14.5. The topological polar surface area (TPSA) is 63.4 Å². The standard InChI is InChI=1S/C12H15FN2O2S/c1-4-6-15(5-2)18(16,17)12-8-11(14)9(3)7-10(12)13/h1,7-8H,5-6,14H2,2-3H3. The second-order valence-corrected chi connectivity index (χ2v) is 5.68. The highest BCUT2D eigenvalue weighted by atomic mass is 32.2. The van der Waals surface area contributed by atoms with Crippen molar-refractivity contribution in [2.75, 3.05) is 18.8 Å². The van der Waals surface area contributed by atoms with E-state index in [4.69, 9.17) is 12.2 Å². The van der Waals surface area contributed by atoms with E-state index in [9.17, 15) is 12.8 Å². The number of hydrogen-bond acceptors (Lipinski definition) is 3. The summed E-state index contributed by atoms with van der Waals surface area (Å²) in [6.07, 6.45) is 5.10. The van der Waals surface area contributed by atoms with Gasteiger partial charge in [-0.25, -0.2) is 12.8 Å². The zero-order valence-corrected chi connectivity index (χ0v) is 11.1. The first-order chi connectivity index (χ1) is 8.34. The number of terminal acetylenes is 1. The molecule has 4 nitrogen and oxygen atoms in total. The van der Waals surface area contributed by atoms with E-state index in [1.807, 2.05) is 0 Å². The number of rotatable bonds is 4. The second kappa shape index (κ2) is 5.38. The average molecular weight is 270 g/mol. The Morgan fingerprint density at radius 2 is 2.11 bits per heavy atom. The fourth-order valence-electron chi connectivity index (χ4n) is 1.47. The van der Waals surface area contributed by atoms with Crippen LogP contribution < -0.4 is 5.73 Å². The van der Waals surface area contributed by atoms with Crippen LogP contribution in [0, 0.1) is 25.1 Å². The molecule has 6 heteroatoms. The molecule has 1 aromatic carbocycles. The Morgan fingerprint density at radius 1 is 1.50 bits per heavy atom. The third-order valence-corrected chi connectivity index (χ3v) is 4.49. The van der Waals surface area contributed by atoms with Gasteiger partial charge < -0.3 is 5.73 Å². The van der Waals surface area contributed by atoms with Gasteiger partial charge >= 0.3 is 0 Å². The summed E-state index contributed by atoms with van der Waals surface area (Å²) in [5.74, 6) is 1.41. The van der Waals surface area contributed by atoms with E-state index in [2.05, 4.69) is 5.92 Å². The van der Waals surface area contributed by atoms with Crippen molar-refractivity contribution in [3.63, 3.8) is 0 Å². The second-order valence-electron chi connectivity index (χ2n) is 3.77. The predicted molar refractivity (Wildman–Crippen MR) is 68.8 cm³/mol. The maximum Gasteiger partial charge on any atom is 0.246 e. The summed E-state index contributed by atoms with van der Waals surface area (Å²) in [7, 11) is -3.95. The molecule has 1 rings (SSSR count). The van der Waals surface area contributed by atoms with Crippen LogP contribution in [0.15, 0.2) is 17.0 Å². The SMILES string of the molecule is C#CCN(CC)S(=O)(=O)c1cc(N)c(C)cc1F. The molecule has 0 bridgehead atoms. The third kappa shape index (κ3) is 2.63. The number of benzene rings is 1. The van der Waals surface area contributed by atoms with E-state index in [0.717, 1.165) is 16.4 Å². The van der Waals surface area contributed by atoms with E-state index in [1.54, 1.807) is 13.8 Å². The number of anilines is 1. The number of nitrogens with zero attached hydrogens (tertiary/aromatic N) is 1. The third-order valence-electron chi connectivity index (χ3n) is 2.56. The summed E-state index contributed by atoms with van der Waals surface area (Å²) in [5, 5.41) is 0. The van der Waals surface area contributed by atoms with E-state index in [1.165, 1.54) is 0 Å². The Kier molecular flexibility index (Phi) is 4.33. The van der Waals surface area contributed by atoms with Gasteiger partial charge in [-0.3, -0.25) is 0 Å². The van der Waals surface area contributed by atoms with Crippen molar-refractivity contribution in [3.8, 4) is 12.3 Å². The first-order valence-electron chi connectivity index (χ1n) is 5.33. The minimum absolute atomic E-state index is 0.105. The maximum absolute atomic E-state index is 13.7. The van der Waals surface area contributed by atoms with Gasteiger partial charge in [-0.05, 0) is 24.6 Å². The number of halogens is 1. The van der Waals surface area contributed by atoms with Crippen molar-refractivity contribution >= 4 is 15.7 Å². The lowest BCUT2D eigenvalue weighted by atomic mass is 10.2. The highest BCUT2D eigenvalue weighted by Gasteiger charge is 2.26. The summed E-state index contributed by atoms with van der Waals surface area (Å²) < 4.78 is 39.1. The number of aryl methyl sites for hydroxylation is 1. The smallest absolute Gasteiger partial charge is 0.246 e. The van der Waals surface area contributed by atoms with Crippen molar-refractivity contribution < 1.29 is 12.8 Å². The van der Waals surface area contributed by atoms with Gasteiger partial charge in [0.25, 0.3) is 0 Å². The van der Waals surface area contributed by atoms with Crippen molar-refractivity contribution in [3.05, 3.63) is 23.5 Å². The molecular formula is C12H15FN2O2S. The van der Waals surface area contributed by atoms with E-state index < -0.39 is 20.7 Å². The molecule has 0 aliphatic heterocycles. The Labute approximate surface area is 107 Å². The highest BCUT2D eigenvalue weighted by Crippen LogP contribution is 2.24. The molecule has 0 amide bonds. The van der Waals surface area contributed by atoms with Crippen LogP contribution in [-0.4, -0.2) is 25.8 Å². The number of nitrogens with two attached hydrogens (primary N) is 1. The van der Waals surface area contributed by atoms with Gasteiger partial charge in [0.2, 0.25) is 10.0 Å². The predicted octanol–water partition coefficient (Wildman–Crippen LogP) is 1.36. The van der Waals surface area contributed by atoms with Crippen LogP contribution in [-0.2, 0) is 10.0 Å². The molecule has 0 saturated heterocycles. The minimum Gasteiger partial charge on any atom is -0.398 e. The fourth-order valence-corrected chi connectivity index (χ4v) is 2.92. The normalized spacial score (nSPS) is 11.5. The summed E-state index contributed by atoms with van der Waals surface area (Å²) in [6, 6.07) is 2.23. The lowest BCUT2D eigenvalue weighted by Gasteiger charge is -2.18. The molecule has 0 spiro atoms. The summed E-state index contributed by atoms with van der Waals surface area (Å²) in [5.41, 5.74) is 6.33. The molecule has 0 aromatic heterocycles. The van der Waals surface area contributed by atoms with Crippen molar-refractivity contribution in [1.82, 2.24) is 4.31 Å². The van der Waals surface area contributed by atoms with Crippen molar-refractivity contribution in [1.29, 1.82) is 0 Å². The van der Waals surface area contributed by atoms with Crippen LogP contribution in [0.2, 0.25) is 0 Å². The van der Waals surface area contributed by atoms with Crippen LogP contribution in [0.25, 0.3) is 0 Å². The Bertz CT molecular complexity index is 591. The van der Waals surface area contributed by atoms with Gasteiger partial charge in [0.15, 0.2) is 0 Å². The largest absolute Gasteiger partial charge is 0.398 e.